The van der Waals surface area contributed by atoms with E-state index >= 15 is 0 Å². The summed E-state index contributed by atoms with van der Waals surface area (Å²) in [6.45, 7) is 3.63. The lowest BCUT2D eigenvalue weighted by Crippen LogP contribution is -2.39. The highest BCUT2D eigenvalue weighted by Gasteiger charge is 2.37. The van der Waals surface area contributed by atoms with Crippen LogP contribution in [0, 0.1) is 17.5 Å². The number of amides is 1. The predicted octanol–water partition coefficient (Wildman–Crippen LogP) is 4.81. The number of halogens is 3. The quantitative estimate of drug-likeness (QED) is 0.434. The molecular weight excluding hydrogens is 505 g/mol. The van der Waals surface area contributed by atoms with Crippen molar-refractivity contribution >= 4 is 39.0 Å². The van der Waals surface area contributed by atoms with Gasteiger partial charge in [-0.2, -0.15) is 0 Å². The second kappa shape index (κ2) is 9.84. The smallest absolute Gasteiger partial charge is 0.427 e. The van der Waals surface area contributed by atoms with Crippen LogP contribution in [-0.4, -0.2) is 42.6 Å². The second-order valence-electron chi connectivity index (χ2n) is 7.89. The molecule has 1 fully saturated rings. The zero-order chi connectivity index (χ0) is 25.3. The molecule has 0 aliphatic carbocycles. The summed E-state index contributed by atoms with van der Waals surface area (Å²) in [5, 5.41) is 13.2. The van der Waals surface area contributed by atoms with E-state index in [1.807, 2.05) is 6.92 Å². The Balaban J connectivity index is 1.62. The van der Waals surface area contributed by atoms with Gasteiger partial charge in [0.15, 0.2) is 10.7 Å². The zero-order valence-electron chi connectivity index (χ0n) is 18.4. The topological polar surface area (TPSA) is 103 Å². The number of thiazole rings is 1. The lowest BCUT2D eigenvalue weighted by Gasteiger charge is -2.37. The number of carbonyl (C=O) groups is 1. The van der Waals surface area contributed by atoms with Gasteiger partial charge in [-0.15, -0.1) is 15.6 Å². The standard InChI is InChI=1S/C22H21F3N4O4S2/c1-13(28-6-3-7-28)15-4-2-5-17(23)16(15)10-26-14-8-18(24)21(19(25)9-14)35(32,33)29(22(30)31)20-11-34-12-27-20/h2,4-5,8-9,11-13,26H,3,6-7,10H2,1H3,(H,30,31). The molecule has 3 aromatic rings. The molecule has 1 aliphatic rings. The molecule has 2 N–H and O–H groups in total. The maximum atomic E-state index is 14.9. The Morgan fingerprint density at radius 1 is 1.23 bits per heavy atom. The van der Waals surface area contributed by atoms with Crippen LogP contribution in [0.1, 0.15) is 30.5 Å². The van der Waals surface area contributed by atoms with Crippen LogP contribution >= 0.6 is 11.3 Å². The van der Waals surface area contributed by atoms with E-state index in [0.717, 1.165) is 53.9 Å². The maximum Gasteiger partial charge on any atom is 0.427 e. The summed E-state index contributed by atoms with van der Waals surface area (Å²) in [7, 11) is -5.16. The fraction of sp³-hybridized carbons (Fsp3) is 0.273. The number of rotatable bonds is 8. The van der Waals surface area contributed by atoms with Gasteiger partial charge in [0.1, 0.15) is 17.5 Å². The van der Waals surface area contributed by atoms with Gasteiger partial charge in [-0.05, 0) is 50.2 Å². The molecular formula is C22H21F3N4O4S2. The first kappa shape index (κ1) is 24.9. The van der Waals surface area contributed by atoms with Crippen molar-refractivity contribution in [1.82, 2.24) is 9.88 Å². The lowest BCUT2D eigenvalue weighted by molar-refractivity contribution is 0.128. The van der Waals surface area contributed by atoms with Crippen LogP contribution in [0.3, 0.4) is 0 Å². The van der Waals surface area contributed by atoms with Gasteiger partial charge >= 0.3 is 6.09 Å². The fourth-order valence-electron chi connectivity index (χ4n) is 3.90. The van der Waals surface area contributed by atoms with Crippen molar-refractivity contribution < 1.29 is 31.5 Å². The van der Waals surface area contributed by atoms with Crippen molar-refractivity contribution in [2.75, 3.05) is 22.7 Å². The van der Waals surface area contributed by atoms with Crippen molar-refractivity contribution in [1.29, 1.82) is 0 Å². The average molecular weight is 527 g/mol. The Labute approximate surface area is 203 Å². The van der Waals surface area contributed by atoms with Crippen molar-refractivity contribution in [2.24, 2.45) is 0 Å². The number of carboxylic acid groups (broad SMARTS) is 1. The molecule has 1 unspecified atom stereocenters. The minimum absolute atomic E-state index is 0.0510. The van der Waals surface area contributed by atoms with E-state index in [0.29, 0.717) is 5.56 Å². The van der Waals surface area contributed by atoms with Gasteiger partial charge < -0.3 is 10.4 Å². The van der Waals surface area contributed by atoms with Crippen molar-refractivity contribution in [3.8, 4) is 0 Å². The van der Waals surface area contributed by atoms with Crippen LogP contribution in [-0.2, 0) is 16.6 Å². The Morgan fingerprint density at radius 3 is 2.46 bits per heavy atom. The normalized spacial score (nSPS) is 14.9. The highest BCUT2D eigenvalue weighted by molar-refractivity contribution is 7.93. The third-order valence-electron chi connectivity index (χ3n) is 5.81. The van der Waals surface area contributed by atoms with Gasteiger partial charge in [0, 0.05) is 29.2 Å². The first-order valence-corrected chi connectivity index (χ1v) is 12.9. The molecule has 4 rings (SSSR count). The Morgan fingerprint density at radius 2 is 1.91 bits per heavy atom. The molecule has 13 heteroatoms. The summed E-state index contributed by atoms with van der Waals surface area (Å²) < 4.78 is 69.8. The van der Waals surface area contributed by atoms with E-state index in [1.54, 1.807) is 12.1 Å². The fourth-order valence-corrected chi connectivity index (χ4v) is 5.83. The Bertz CT molecular complexity index is 1330. The molecule has 35 heavy (non-hydrogen) atoms. The van der Waals surface area contributed by atoms with Gasteiger partial charge in [0.2, 0.25) is 0 Å². The van der Waals surface area contributed by atoms with Crippen LogP contribution < -0.4 is 9.62 Å². The van der Waals surface area contributed by atoms with E-state index in [9.17, 15) is 31.5 Å². The van der Waals surface area contributed by atoms with Crippen molar-refractivity contribution in [3.05, 3.63) is 69.8 Å². The molecule has 1 atom stereocenters. The molecule has 0 saturated carbocycles. The summed E-state index contributed by atoms with van der Waals surface area (Å²) in [6.07, 6.45) is -0.914. The number of hydrogen-bond acceptors (Lipinski definition) is 7. The maximum absolute atomic E-state index is 14.9. The molecule has 0 radical (unpaired) electrons. The molecule has 2 aromatic carbocycles. The van der Waals surface area contributed by atoms with Crippen molar-refractivity contribution in [3.63, 3.8) is 0 Å². The third-order valence-corrected chi connectivity index (χ3v) is 8.11. The third kappa shape index (κ3) is 4.83. The second-order valence-corrected chi connectivity index (χ2v) is 10.3. The monoisotopic (exact) mass is 526 g/mol. The summed E-state index contributed by atoms with van der Waals surface area (Å²) in [5.74, 6) is -4.00. The van der Waals surface area contributed by atoms with Crippen LogP contribution in [0.5, 0.6) is 0 Å². The predicted molar refractivity (Wildman–Crippen MR) is 124 cm³/mol. The summed E-state index contributed by atoms with van der Waals surface area (Å²) >= 11 is 0.911. The summed E-state index contributed by atoms with van der Waals surface area (Å²) in [5.41, 5.74) is 2.10. The van der Waals surface area contributed by atoms with Crippen LogP contribution in [0.4, 0.5) is 29.5 Å². The first-order chi connectivity index (χ1) is 16.6. The van der Waals surface area contributed by atoms with Gasteiger partial charge in [-0.3, -0.25) is 4.90 Å². The Kier molecular flexibility index (Phi) is 7.01. The number of nitrogens with zero attached hydrogens (tertiary/aromatic N) is 3. The molecule has 2 heterocycles. The van der Waals surface area contributed by atoms with Gasteiger partial charge in [0.25, 0.3) is 10.0 Å². The zero-order valence-corrected chi connectivity index (χ0v) is 20.0. The Hall–Kier alpha value is -3.16. The minimum Gasteiger partial charge on any atom is -0.464 e. The summed E-state index contributed by atoms with van der Waals surface area (Å²) in [4.78, 5) is 15.9. The van der Waals surface area contributed by atoms with Gasteiger partial charge in [-0.1, -0.05) is 12.1 Å². The van der Waals surface area contributed by atoms with E-state index < -0.39 is 44.3 Å². The largest absolute Gasteiger partial charge is 0.464 e. The molecule has 0 bridgehead atoms. The molecule has 8 nitrogen and oxygen atoms in total. The number of hydrogen-bond donors (Lipinski definition) is 2. The minimum atomic E-state index is -5.16. The molecule has 1 amide bonds. The lowest BCUT2D eigenvalue weighted by atomic mass is 9.97. The highest BCUT2D eigenvalue weighted by atomic mass is 32.2. The van der Waals surface area contributed by atoms with Gasteiger partial charge in [-0.25, -0.2) is 31.4 Å². The number of nitrogens with one attached hydrogen (secondary N) is 1. The molecule has 1 aliphatic heterocycles. The number of aromatic nitrogens is 1. The molecule has 1 saturated heterocycles. The first-order valence-electron chi connectivity index (χ1n) is 10.5. The van der Waals surface area contributed by atoms with E-state index in [-0.39, 0.29) is 22.6 Å². The number of likely N-dealkylation sites (tertiary alicyclic amines) is 1. The van der Waals surface area contributed by atoms with E-state index in [2.05, 4.69) is 15.2 Å². The van der Waals surface area contributed by atoms with Crippen LogP contribution in [0.25, 0.3) is 0 Å². The van der Waals surface area contributed by atoms with E-state index in [1.165, 1.54) is 11.6 Å². The number of anilines is 2. The number of sulfonamides is 1. The molecule has 1 aromatic heterocycles. The molecule has 186 valence electrons. The summed E-state index contributed by atoms with van der Waals surface area (Å²) in [6, 6.07) is 6.06. The van der Waals surface area contributed by atoms with Crippen molar-refractivity contribution in [2.45, 2.75) is 30.8 Å². The van der Waals surface area contributed by atoms with E-state index in [4.69, 9.17) is 0 Å². The van der Waals surface area contributed by atoms with Crippen LogP contribution in [0.2, 0.25) is 0 Å². The highest BCUT2D eigenvalue weighted by Crippen LogP contribution is 2.32. The van der Waals surface area contributed by atoms with Crippen LogP contribution in [0.15, 0.2) is 46.1 Å². The van der Waals surface area contributed by atoms with Gasteiger partial charge in [0.05, 0.1) is 5.51 Å². The number of benzene rings is 2. The average Bonchev–Trinajstić information content (AvgIpc) is 3.24. The molecule has 0 spiro atoms. The SMILES string of the molecule is CC(c1cccc(F)c1CNc1cc(F)c(S(=O)(=O)N(C(=O)O)c2cscn2)c(F)c1)N1CCC1.